The van der Waals surface area contributed by atoms with Gasteiger partial charge < -0.3 is 14.1 Å². The van der Waals surface area contributed by atoms with Crippen molar-refractivity contribution in [3.8, 4) is 0 Å². The quantitative estimate of drug-likeness (QED) is 0.333. The number of likely N-dealkylation sites (tertiary alicyclic amines) is 1. The highest BCUT2D eigenvalue weighted by Crippen LogP contribution is 2.39. The first-order chi connectivity index (χ1) is 16.8. The summed E-state index contributed by atoms with van der Waals surface area (Å²) in [5.74, 6) is 0.0286. The van der Waals surface area contributed by atoms with Crippen LogP contribution in [0.15, 0.2) is 104 Å². The summed E-state index contributed by atoms with van der Waals surface area (Å²) in [4.78, 5) is 14.7. The maximum absolute atomic E-state index is 13.0. The van der Waals surface area contributed by atoms with Crippen LogP contribution in [-0.2, 0) is 15.8 Å². The van der Waals surface area contributed by atoms with Crippen LogP contribution in [0.4, 0.5) is 4.79 Å². The van der Waals surface area contributed by atoms with Crippen molar-refractivity contribution in [3.63, 3.8) is 0 Å². The third-order valence-electron chi connectivity index (χ3n) is 6.82. The molecule has 1 amide bonds. The standard InChI is InChI=1S/C30H35NO3Si/c1-5-25-21-31(29(32)33-23-24-15-9-6-10-16-24)22-28(25)34-35(30(2,3)4,26-17-11-7-12-18-26)27-19-13-8-14-20-27/h5-20,25,28H,1,21-23H2,2-4H3/t25-,28-/m0/s1. The third kappa shape index (κ3) is 5.26. The Balaban J connectivity index is 1.62. The predicted octanol–water partition coefficient (Wildman–Crippen LogP) is 5.39. The SMILES string of the molecule is C=C[C@H]1CN(C(=O)OCc2ccccc2)C[C@@H]1O[Si](c1ccccc1)(c1ccccc1)C(C)(C)C. The summed E-state index contributed by atoms with van der Waals surface area (Å²) in [6.45, 7) is 12.2. The summed E-state index contributed by atoms with van der Waals surface area (Å²) >= 11 is 0. The average Bonchev–Trinajstić information content (AvgIpc) is 3.29. The minimum atomic E-state index is -2.73. The molecule has 35 heavy (non-hydrogen) atoms. The molecule has 1 aliphatic rings. The molecular formula is C30H35NO3Si. The van der Waals surface area contributed by atoms with E-state index in [-0.39, 0.29) is 29.8 Å². The van der Waals surface area contributed by atoms with E-state index in [1.165, 1.54) is 10.4 Å². The molecule has 3 aromatic rings. The highest BCUT2D eigenvalue weighted by Gasteiger charge is 2.53. The van der Waals surface area contributed by atoms with E-state index in [9.17, 15) is 4.79 Å². The van der Waals surface area contributed by atoms with Crippen LogP contribution in [0.2, 0.25) is 5.04 Å². The van der Waals surface area contributed by atoms with Gasteiger partial charge in [0.1, 0.15) is 6.61 Å². The van der Waals surface area contributed by atoms with Crippen LogP contribution in [0.25, 0.3) is 0 Å². The molecule has 0 spiro atoms. The number of amides is 1. The fourth-order valence-corrected chi connectivity index (χ4v) is 9.75. The van der Waals surface area contributed by atoms with E-state index >= 15 is 0 Å². The van der Waals surface area contributed by atoms with Gasteiger partial charge in [-0.1, -0.05) is 118 Å². The van der Waals surface area contributed by atoms with Gasteiger partial charge in [0.25, 0.3) is 8.32 Å². The first kappa shape index (κ1) is 25.0. The first-order valence-corrected chi connectivity index (χ1v) is 14.1. The van der Waals surface area contributed by atoms with Crippen LogP contribution < -0.4 is 10.4 Å². The molecule has 0 aromatic heterocycles. The molecular weight excluding hydrogens is 450 g/mol. The molecule has 0 radical (unpaired) electrons. The number of carbonyl (C=O) groups excluding carboxylic acids is 1. The lowest BCUT2D eigenvalue weighted by Gasteiger charge is -2.45. The fraction of sp³-hybridized carbons (Fsp3) is 0.300. The lowest BCUT2D eigenvalue weighted by Crippen LogP contribution is -2.68. The maximum Gasteiger partial charge on any atom is 0.410 e. The van der Waals surface area contributed by atoms with E-state index in [4.69, 9.17) is 9.16 Å². The molecule has 4 rings (SSSR count). The number of rotatable bonds is 7. The van der Waals surface area contributed by atoms with Crippen LogP contribution in [0.5, 0.6) is 0 Å². The zero-order valence-corrected chi connectivity index (χ0v) is 21.9. The van der Waals surface area contributed by atoms with Gasteiger partial charge in [-0.05, 0) is 21.0 Å². The van der Waals surface area contributed by atoms with Crippen molar-refractivity contribution >= 4 is 24.8 Å². The highest BCUT2D eigenvalue weighted by atomic mass is 28.4. The Labute approximate surface area is 210 Å². The van der Waals surface area contributed by atoms with E-state index in [0.29, 0.717) is 13.1 Å². The van der Waals surface area contributed by atoms with Gasteiger partial charge >= 0.3 is 6.09 Å². The van der Waals surface area contributed by atoms with Crippen LogP contribution >= 0.6 is 0 Å². The summed E-state index contributed by atoms with van der Waals surface area (Å²) < 4.78 is 12.9. The minimum absolute atomic E-state index is 0.0286. The van der Waals surface area contributed by atoms with E-state index in [1.54, 1.807) is 4.90 Å². The number of hydrogen-bond acceptors (Lipinski definition) is 3. The molecule has 1 fully saturated rings. The van der Waals surface area contributed by atoms with Gasteiger partial charge in [0, 0.05) is 19.0 Å². The second kappa shape index (κ2) is 10.6. The average molecular weight is 486 g/mol. The van der Waals surface area contributed by atoms with Crippen molar-refractivity contribution in [2.24, 2.45) is 5.92 Å². The molecule has 2 atom stereocenters. The Morgan fingerprint density at radius 1 is 0.914 bits per heavy atom. The summed E-state index contributed by atoms with van der Waals surface area (Å²) in [6.07, 6.45) is 1.45. The zero-order valence-electron chi connectivity index (χ0n) is 20.9. The number of hydrogen-bond donors (Lipinski definition) is 0. The van der Waals surface area contributed by atoms with Crippen molar-refractivity contribution in [1.82, 2.24) is 4.90 Å². The maximum atomic E-state index is 13.0. The van der Waals surface area contributed by atoms with Gasteiger partial charge in [-0.3, -0.25) is 0 Å². The van der Waals surface area contributed by atoms with Crippen LogP contribution in [0, 0.1) is 5.92 Å². The number of nitrogens with zero attached hydrogens (tertiary/aromatic N) is 1. The van der Waals surface area contributed by atoms with Crippen molar-refractivity contribution in [2.75, 3.05) is 13.1 Å². The summed E-state index contributed by atoms with van der Waals surface area (Å²) in [6, 6.07) is 30.9. The number of benzene rings is 3. The normalized spacial score (nSPS) is 18.3. The first-order valence-electron chi connectivity index (χ1n) is 12.2. The lowest BCUT2D eigenvalue weighted by atomic mass is 10.1. The minimum Gasteiger partial charge on any atom is -0.445 e. The van der Waals surface area contributed by atoms with Crippen LogP contribution in [0.1, 0.15) is 26.3 Å². The molecule has 0 N–H and O–H groups in total. The molecule has 0 bridgehead atoms. The van der Waals surface area contributed by atoms with E-state index in [1.807, 2.05) is 48.5 Å². The molecule has 1 heterocycles. The Bertz CT molecular complexity index is 1070. The molecule has 182 valence electrons. The topological polar surface area (TPSA) is 38.8 Å². The molecule has 5 heteroatoms. The Morgan fingerprint density at radius 2 is 1.43 bits per heavy atom. The molecule has 3 aromatic carbocycles. The summed E-state index contributed by atoms with van der Waals surface area (Å²) in [7, 11) is -2.73. The summed E-state index contributed by atoms with van der Waals surface area (Å²) in [5.41, 5.74) is 0.973. The van der Waals surface area contributed by atoms with Gasteiger partial charge in [-0.25, -0.2) is 4.79 Å². The third-order valence-corrected chi connectivity index (χ3v) is 11.9. The van der Waals surface area contributed by atoms with Gasteiger partial charge in [0.2, 0.25) is 0 Å². The monoisotopic (exact) mass is 485 g/mol. The van der Waals surface area contributed by atoms with Crippen LogP contribution in [0.3, 0.4) is 0 Å². The molecule has 4 nitrogen and oxygen atoms in total. The van der Waals surface area contributed by atoms with E-state index in [2.05, 4.69) is 75.9 Å². The molecule has 1 saturated heterocycles. The lowest BCUT2D eigenvalue weighted by molar-refractivity contribution is 0.0984. The van der Waals surface area contributed by atoms with Gasteiger partial charge in [-0.2, -0.15) is 0 Å². The Kier molecular flexibility index (Phi) is 7.58. The second-order valence-electron chi connectivity index (χ2n) is 10.2. The van der Waals surface area contributed by atoms with Crippen LogP contribution in [-0.4, -0.2) is 38.5 Å². The van der Waals surface area contributed by atoms with Crippen molar-refractivity contribution in [3.05, 3.63) is 109 Å². The largest absolute Gasteiger partial charge is 0.445 e. The van der Waals surface area contributed by atoms with Crippen molar-refractivity contribution in [2.45, 2.75) is 38.5 Å². The molecule has 0 saturated carbocycles. The van der Waals surface area contributed by atoms with E-state index in [0.717, 1.165) is 5.56 Å². The molecule has 0 aliphatic carbocycles. The van der Waals surface area contributed by atoms with Gasteiger partial charge in [0.05, 0.1) is 6.10 Å². The highest BCUT2D eigenvalue weighted by molar-refractivity contribution is 6.99. The number of ether oxygens (including phenoxy) is 1. The van der Waals surface area contributed by atoms with Crippen molar-refractivity contribution in [1.29, 1.82) is 0 Å². The van der Waals surface area contributed by atoms with Crippen molar-refractivity contribution < 1.29 is 14.0 Å². The summed E-state index contributed by atoms with van der Waals surface area (Å²) in [5, 5.41) is 2.32. The number of carbonyl (C=O) groups is 1. The molecule has 0 unspecified atom stereocenters. The Morgan fingerprint density at radius 3 is 1.91 bits per heavy atom. The zero-order chi connectivity index (χ0) is 24.9. The van der Waals surface area contributed by atoms with E-state index < -0.39 is 8.32 Å². The fourth-order valence-electron chi connectivity index (χ4n) is 5.03. The Hall–Kier alpha value is -3.15. The molecule has 1 aliphatic heterocycles. The smallest absolute Gasteiger partial charge is 0.410 e. The van der Waals surface area contributed by atoms with Gasteiger partial charge in [0.15, 0.2) is 0 Å². The second-order valence-corrected chi connectivity index (χ2v) is 14.4. The predicted molar refractivity (Wildman–Crippen MR) is 144 cm³/mol. The van der Waals surface area contributed by atoms with Gasteiger partial charge in [-0.15, -0.1) is 6.58 Å².